The minimum atomic E-state index is -0.625. The van der Waals surface area contributed by atoms with Gasteiger partial charge in [0.15, 0.2) is 0 Å². The molecule has 1 unspecified atom stereocenters. The van der Waals surface area contributed by atoms with E-state index in [4.69, 9.17) is 11.5 Å². The third-order valence-electron chi connectivity index (χ3n) is 2.93. The first kappa shape index (κ1) is 17.0. The molecule has 0 spiro atoms. The Morgan fingerprint density at radius 3 is 1.95 bits per heavy atom. The normalized spacial score (nSPS) is 12.6. The van der Waals surface area contributed by atoms with E-state index in [0.717, 1.165) is 6.42 Å². The number of benzene rings is 1. The maximum Gasteiger partial charge on any atom is 0.316 e. The number of hydrogen-bond acceptors (Lipinski definition) is 3. The van der Waals surface area contributed by atoms with E-state index in [1.807, 2.05) is 0 Å². The average molecular weight is 292 g/mol. The van der Waals surface area contributed by atoms with Crippen LogP contribution in [0.25, 0.3) is 0 Å². The summed E-state index contributed by atoms with van der Waals surface area (Å²) in [6.45, 7) is 6.54. The molecule has 1 rings (SSSR count). The van der Waals surface area contributed by atoms with Crippen LogP contribution in [0.2, 0.25) is 0 Å². The van der Waals surface area contributed by atoms with Gasteiger partial charge in [0.2, 0.25) is 5.91 Å². The lowest BCUT2D eigenvalue weighted by Gasteiger charge is -2.24. The van der Waals surface area contributed by atoms with E-state index >= 15 is 0 Å². The van der Waals surface area contributed by atoms with Crippen LogP contribution in [-0.2, 0) is 4.79 Å². The maximum atomic E-state index is 12.2. The molecule has 0 saturated carbocycles. The molecule has 6 heteroatoms. The molecule has 0 aromatic heterocycles. The van der Waals surface area contributed by atoms with Gasteiger partial charge >= 0.3 is 6.03 Å². The minimum Gasteiger partial charge on any atom is -0.351 e. The molecule has 6 nitrogen and oxygen atoms in total. The van der Waals surface area contributed by atoms with E-state index in [2.05, 4.69) is 31.4 Å². The molecule has 1 atom stereocenters. The number of amides is 3. The van der Waals surface area contributed by atoms with Gasteiger partial charge in [-0.15, -0.1) is 0 Å². The molecule has 0 aliphatic carbocycles. The first-order valence-corrected chi connectivity index (χ1v) is 6.89. The SMILES string of the molecule is CC(C)(C)CC(CN)C(=O)Nc1ccc(NC(N)=O)cc1. The third-order valence-corrected chi connectivity index (χ3v) is 2.93. The smallest absolute Gasteiger partial charge is 0.316 e. The van der Waals surface area contributed by atoms with Gasteiger partial charge in [0.1, 0.15) is 0 Å². The molecule has 0 saturated heterocycles. The Bertz CT molecular complexity index is 491. The van der Waals surface area contributed by atoms with Gasteiger partial charge in [0, 0.05) is 17.9 Å². The minimum absolute atomic E-state index is 0.0383. The van der Waals surface area contributed by atoms with Crippen LogP contribution < -0.4 is 22.1 Å². The second-order valence-electron chi connectivity index (χ2n) is 6.25. The number of carbonyl (C=O) groups is 2. The van der Waals surface area contributed by atoms with Gasteiger partial charge in [0.05, 0.1) is 5.92 Å². The monoisotopic (exact) mass is 292 g/mol. The maximum absolute atomic E-state index is 12.2. The summed E-state index contributed by atoms with van der Waals surface area (Å²) in [6.07, 6.45) is 0.719. The number of hydrogen-bond donors (Lipinski definition) is 4. The number of nitrogens with two attached hydrogens (primary N) is 2. The molecular formula is C15H24N4O2. The van der Waals surface area contributed by atoms with Crippen molar-refractivity contribution >= 4 is 23.3 Å². The zero-order valence-corrected chi connectivity index (χ0v) is 12.8. The van der Waals surface area contributed by atoms with E-state index in [-0.39, 0.29) is 17.2 Å². The molecule has 0 aliphatic heterocycles. The summed E-state index contributed by atoms with van der Waals surface area (Å²) in [4.78, 5) is 22.9. The molecule has 3 amide bonds. The number of anilines is 2. The van der Waals surface area contributed by atoms with Crippen molar-refractivity contribution in [2.24, 2.45) is 22.8 Å². The van der Waals surface area contributed by atoms with E-state index < -0.39 is 6.03 Å². The van der Waals surface area contributed by atoms with Crippen molar-refractivity contribution in [3.63, 3.8) is 0 Å². The molecular weight excluding hydrogens is 268 g/mol. The number of nitrogens with one attached hydrogen (secondary N) is 2. The second-order valence-corrected chi connectivity index (χ2v) is 6.25. The standard InChI is InChI=1S/C15H24N4O2/c1-15(2,3)8-10(9-16)13(20)18-11-4-6-12(7-5-11)19-14(17)21/h4-7,10H,8-9,16H2,1-3H3,(H,18,20)(H3,17,19,21). The summed E-state index contributed by atoms with van der Waals surface area (Å²) < 4.78 is 0. The first-order valence-electron chi connectivity index (χ1n) is 6.89. The molecule has 6 N–H and O–H groups in total. The quantitative estimate of drug-likeness (QED) is 0.667. The van der Waals surface area contributed by atoms with Gasteiger partial charge in [-0.05, 0) is 36.1 Å². The summed E-state index contributed by atoms with van der Waals surface area (Å²) >= 11 is 0. The van der Waals surface area contributed by atoms with Gasteiger partial charge in [-0.3, -0.25) is 4.79 Å². The zero-order chi connectivity index (χ0) is 16.0. The highest BCUT2D eigenvalue weighted by Gasteiger charge is 2.23. The van der Waals surface area contributed by atoms with Crippen LogP contribution in [0.5, 0.6) is 0 Å². The van der Waals surface area contributed by atoms with Crippen molar-refractivity contribution in [2.75, 3.05) is 17.2 Å². The van der Waals surface area contributed by atoms with Crippen molar-refractivity contribution in [3.8, 4) is 0 Å². The highest BCUT2D eigenvalue weighted by atomic mass is 16.2. The molecule has 0 aliphatic rings. The van der Waals surface area contributed by atoms with Crippen LogP contribution in [0, 0.1) is 11.3 Å². The van der Waals surface area contributed by atoms with Crippen LogP contribution in [0.3, 0.4) is 0 Å². The Morgan fingerprint density at radius 1 is 1.10 bits per heavy atom. The van der Waals surface area contributed by atoms with Crippen molar-refractivity contribution < 1.29 is 9.59 Å². The van der Waals surface area contributed by atoms with Crippen LogP contribution in [-0.4, -0.2) is 18.5 Å². The lowest BCUT2D eigenvalue weighted by molar-refractivity contribution is -0.120. The Hall–Kier alpha value is -2.08. The van der Waals surface area contributed by atoms with Crippen LogP contribution in [0.4, 0.5) is 16.2 Å². The molecule has 116 valence electrons. The highest BCUT2D eigenvalue weighted by molar-refractivity contribution is 5.93. The van der Waals surface area contributed by atoms with Crippen LogP contribution in [0.1, 0.15) is 27.2 Å². The van der Waals surface area contributed by atoms with Gasteiger partial charge in [-0.2, -0.15) is 0 Å². The van der Waals surface area contributed by atoms with Crippen LogP contribution in [0.15, 0.2) is 24.3 Å². The largest absolute Gasteiger partial charge is 0.351 e. The fourth-order valence-electron chi connectivity index (χ4n) is 2.05. The van der Waals surface area contributed by atoms with E-state index in [9.17, 15) is 9.59 Å². The number of primary amides is 1. The molecule has 0 bridgehead atoms. The molecule has 21 heavy (non-hydrogen) atoms. The molecule has 0 heterocycles. The van der Waals surface area contributed by atoms with E-state index in [0.29, 0.717) is 17.9 Å². The summed E-state index contributed by atoms with van der Waals surface area (Å²) in [5, 5.41) is 5.29. The molecule has 0 fully saturated rings. The predicted molar refractivity (Wildman–Crippen MR) is 84.9 cm³/mol. The lowest BCUT2D eigenvalue weighted by Crippen LogP contribution is -2.32. The Labute approximate surface area is 125 Å². The highest BCUT2D eigenvalue weighted by Crippen LogP contribution is 2.25. The van der Waals surface area contributed by atoms with Crippen LogP contribution >= 0.6 is 0 Å². The summed E-state index contributed by atoms with van der Waals surface area (Å²) in [7, 11) is 0. The fraction of sp³-hybridized carbons (Fsp3) is 0.467. The molecule has 0 radical (unpaired) electrons. The first-order chi connectivity index (χ1) is 9.71. The Morgan fingerprint density at radius 2 is 1.57 bits per heavy atom. The van der Waals surface area contributed by atoms with Crippen molar-refractivity contribution in [3.05, 3.63) is 24.3 Å². The fourth-order valence-corrected chi connectivity index (χ4v) is 2.05. The zero-order valence-electron chi connectivity index (χ0n) is 12.8. The summed E-state index contributed by atoms with van der Waals surface area (Å²) in [5.74, 6) is -0.323. The summed E-state index contributed by atoms with van der Waals surface area (Å²) in [5.41, 5.74) is 12.0. The lowest BCUT2D eigenvalue weighted by atomic mass is 9.84. The van der Waals surface area contributed by atoms with Gasteiger partial charge in [-0.1, -0.05) is 20.8 Å². The van der Waals surface area contributed by atoms with Crippen molar-refractivity contribution in [1.29, 1.82) is 0 Å². The van der Waals surface area contributed by atoms with Gasteiger partial charge < -0.3 is 22.1 Å². The number of carbonyl (C=O) groups excluding carboxylic acids is 2. The van der Waals surface area contributed by atoms with Crippen molar-refractivity contribution in [2.45, 2.75) is 27.2 Å². The number of urea groups is 1. The topological polar surface area (TPSA) is 110 Å². The average Bonchev–Trinajstić information content (AvgIpc) is 2.36. The van der Waals surface area contributed by atoms with Gasteiger partial charge in [0.25, 0.3) is 0 Å². The molecule has 1 aromatic carbocycles. The van der Waals surface area contributed by atoms with E-state index in [1.54, 1.807) is 24.3 Å². The number of rotatable bonds is 5. The van der Waals surface area contributed by atoms with Gasteiger partial charge in [-0.25, -0.2) is 4.79 Å². The Balaban J connectivity index is 2.66. The summed E-state index contributed by atoms with van der Waals surface area (Å²) in [6, 6.07) is 6.12. The molecule has 1 aromatic rings. The van der Waals surface area contributed by atoms with E-state index in [1.165, 1.54) is 0 Å². The second kappa shape index (κ2) is 7.08. The third kappa shape index (κ3) is 6.27. The van der Waals surface area contributed by atoms with Crippen molar-refractivity contribution in [1.82, 2.24) is 0 Å². The predicted octanol–water partition coefficient (Wildman–Crippen LogP) is 2.13. The Kier molecular flexibility index (Phi) is 5.72.